The van der Waals surface area contributed by atoms with Crippen molar-refractivity contribution in [1.29, 1.82) is 0 Å². The molecule has 0 aliphatic rings. The van der Waals surface area contributed by atoms with E-state index >= 15 is 0 Å². The van der Waals surface area contributed by atoms with Gasteiger partial charge in [-0.2, -0.15) is 0 Å². The van der Waals surface area contributed by atoms with Crippen molar-refractivity contribution in [1.82, 2.24) is 5.32 Å². The zero-order chi connectivity index (χ0) is 14.5. The number of nitrogens with one attached hydrogen (secondary N) is 1. The van der Waals surface area contributed by atoms with Gasteiger partial charge in [0.15, 0.2) is 0 Å². The van der Waals surface area contributed by atoms with Crippen molar-refractivity contribution >= 4 is 11.6 Å². The molecule has 1 unspecified atom stereocenters. The molecule has 20 heavy (non-hydrogen) atoms. The van der Waals surface area contributed by atoms with Crippen molar-refractivity contribution in [2.45, 2.75) is 32.4 Å². The van der Waals surface area contributed by atoms with Crippen LogP contribution in [0.4, 0.5) is 0 Å². The Hall–Kier alpha value is -1.51. The second kappa shape index (κ2) is 6.78. The predicted octanol–water partition coefficient (Wildman–Crippen LogP) is 4.33. The highest BCUT2D eigenvalue weighted by atomic mass is 35.5. The topological polar surface area (TPSA) is 32.3 Å². The summed E-state index contributed by atoms with van der Waals surface area (Å²) in [4.78, 5) is 0. The van der Waals surface area contributed by atoms with E-state index in [0.29, 0.717) is 11.8 Å². The third kappa shape index (κ3) is 4.26. The first-order valence-corrected chi connectivity index (χ1v) is 7.22. The normalized spacial score (nSPS) is 13.9. The molecule has 2 nitrogen and oxygen atoms in total. The summed E-state index contributed by atoms with van der Waals surface area (Å²) in [5, 5.41) is 13.6. The summed E-state index contributed by atoms with van der Waals surface area (Å²) < 4.78 is 0. The van der Waals surface area contributed by atoms with Gasteiger partial charge in [-0.1, -0.05) is 35.9 Å². The lowest BCUT2D eigenvalue weighted by atomic mass is 10.0. The maximum Gasteiger partial charge on any atom is 0.115 e. The molecule has 0 saturated heterocycles. The van der Waals surface area contributed by atoms with Crippen LogP contribution in [-0.4, -0.2) is 11.1 Å². The molecule has 0 amide bonds. The molecule has 0 spiro atoms. The molecule has 0 radical (unpaired) electrons. The van der Waals surface area contributed by atoms with Gasteiger partial charge in [0.25, 0.3) is 0 Å². The third-order valence-electron chi connectivity index (χ3n) is 3.38. The zero-order valence-electron chi connectivity index (χ0n) is 11.8. The van der Waals surface area contributed by atoms with Crippen LogP contribution in [-0.2, 0) is 6.42 Å². The summed E-state index contributed by atoms with van der Waals surface area (Å²) >= 11 is 5.90. The van der Waals surface area contributed by atoms with Crippen molar-refractivity contribution in [3.05, 3.63) is 64.7 Å². The van der Waals surface area contributed by atoms with Gasteiger partial charge in [-0.05, 0) is 55.7 Å². The van der Waals surface area contributed by atoms with Gasteiger partial charge in [-0.25, -0.2) is 0 Å². The summed E-state index contributed by atoms with van der Waals surface area (Å²) in [6.45, 7) is 4.32. The van der Waals surface area contributed by atoms with Crippen LogP contribution >= 0.6 is 11.6 Å². The molecular formula is C17H20ClNO. The standard InChI is InChI=1S/C17H20ClNO/c1-12(11-14-3-9-17(20)10-4-14)19-13(2)15-5-7-16(18)8-6-15/h3-10,12-13,19-20H,11H2,1-2H3/t12?,13-/m0/s1. The van der Waals surface area contributed by atoms with Gasteiger partial charge >= 0.3 is 0 Å². The first-order chi connectivity index (χ1) is 9.54. The van der Waals surface area contributed by atoms with Crippen molar-refractivity contribution in [3.63, 3.8) is 0 Å². The molecule has 0 aliphatic heterocycles. The zero-order valence-corrected chi connectivity index (χ0v) is 12.6. The number of hydrogen-bond acceptors (Lipinski definition) is 2. The van der Waals surface area contributed by atoms with E-state index in [1.54, 1.807) is 12.1 Å². The number of rotatable bonds is 5. The van der Waals surface area contributed by atoms with Gasteiger partial charge < -0.3 is 10.4 Å². The molecule has 0 aromatic heterocycles. The van der Waals surface area contributed by atoms with Gasteiger partial charge in [0.1, 0.15) is 5.75 Å². The van der Waals surface area contributed by atoms with E-state index in [4.69, 9.17) is 11.6 Å². The highest BCUT2D eigenvalue weighted by molar-refractivity contribution is 6.30. The van der Waals surface area contributed by atoms with Crippen molar-refractivity contribution in [2.24, 2.45) is 0 Å². The van der Waals surface area contributed by atoms with Gasteiger partial charge in [0.2, 0.25) is 0 Å². The molecule has 2 aromatic rings. The monoisotopic (exact) mass is 289 g/mol. The SMILES string of the molecule is CC(Cc1ccc(O)cc1)N[C@@H](C)c1ccc(Cl)cc1. The first-order valence-electron chi connectivity index (χ1n) is 6.84. The maximum atomic E-state index is 9.28. The Balaban J connectivity index is 1.92. The van der Waals surface area contributed by atoms with E-state index in [1.807, 2.05) is 36.4 Å². The Morgan fingerprint density at radius 3 is 2.20 bits per heavy atom. The summed E-state index contributed by atoms with van der Waals surface area (Å²) in [6, 6.07) is 15.9. The Morgan fingerprint density at radius 2 is 1.60 bits per heavy atom. The smallest absolute Gasteiger partial charge is 0.115 e. The fourth-order valence-corrected chi connectivity index (χ4v) is 2.44. The number of aromatic hydroxyl groups is 1. The number of halogens is 1. The molecule has 2 atom stereocenters. The Kier molecular flexibility index (Phi) is 5.05. The van der Waals surface area contributed by atoms with Gasteiger partial charge in [-0.15, -0.1) is 0 Å². The van der Waals surface area contributed by atoms with E-state index in [9.17, 15) is 5.11 Å². The summed E-state index contributed by atoms with van der Waals surface area (Å²) in [5.41, 5.74) is 2.44. The lowest BCUT2D eigenvalue weighted by Crippen LogP contribution is -2.30. The molecular weight excluding hydrogens is 270 g/mol. The number of benzene rings is 2. The fraction of sp³-hybridized carbons (Fsp3) is 0.294. The van der Waals surface area contributed by atoms with Crippen LogP contribution in [0, 0.1) is 0 Å². The quantitative estimate of drug-likeness (QED) is 0.859. The molecule has 0 fully saturated rings. The van der Waals surface area contributed by atoms with Gasteiger partial charge in [-0.3, -0.25) is 0 Å². The van der Waals surface area contributed by atoms with Crippen LogP contribution in [0.5, 0.6) is 5.75 Å². The molecule has 2 rings (SSSR count). The minimum absolute atomic E-state index is 0.277. The minimum Gasteiger partial charge on any atom is -0.508 e. The molecule has 0 bridgehead atoms. The van der Waals surface area contributed by atoms with Crippen LogP contribution in [0.25, 0.3) is 0 Å². The molecule has 106 valence electrons. The van der Waals surface area contributed by atoms with Crippen LogP contribution in [0.2, 0.25) is 5.02 Å². The van der Waals surface area contributed by atoms with Crippen LogP contribution in [0.3, 0.4) is 0 Å². The largest absolute Gasteiger partial charge is 0.508 e. The van der Waals surface area contributed by atoms with E-state index in [-0.39, 0.29) is 6.04 Å². The van der Waals surface area contributed by atoms with E-state index < -0.39 is 0 Å². The molecule has 2 aromatic carbocycles. The van der Waals surface area contributed by atoms with Crippen molar-refractivity contribution < 1.29 is 5.11 Å². The van der Waals surface area contributed by atoms with Gasteiger partial charge in [0, 0.05) is 17.1 Å². The molecule has 0 aliphatic carbocycles. The summed E-state index contributed by atoms with van der Waals surface area (Å²) in [5.74, 6) is 0.309. The summed E-state index contributed by atoms with van der Waals surface area (Å²) in [7, 11) is 0. The predicted molar refractivity (Wildman–Crippen MR) is 84.3 cm³/mol. The lowest BCUT2D eigenvalue weighted by Gasteiger charge is -2.20. The first kappa shape index (κ1) is 14.9. The second-order valence-electron chi connectivity index (χ2n) is 5.21. The average Bonchev–Trinajstić information content (AvgIpc) is 2.42. The molecule has 2 N–H and O–H groups in total. The summed E-state index contributed by atoms with van der Waals surface area (Å²) in [6.07, 6.45) is 0.929. The number of phenolic OH excluding ortho intramolecular Hbond substituents is 1. The Labute approximate surface area is 125 Å². The van der Waals surface area contributed by atoms with E-state index in [0.717, 1.165) is 11.4 Å². The van der Waals surface area contributed by atoms with E-state index in [1.165, 1.54) is 11.1 Å². The Bertz CT molecular complexity index is 536. The fourth-order valence-electron chi connectivity index (χ4n) is 2.32. The van der Waals surface area contributed by atoms with Crippen LogP contribution < -0.4 is 5.32 Å². The highest BCUT2D eigenvalue weighted by Crippen LogP contribution is 2.17. The van der Waals surface area contributed by atoms with Crippen LogP contribution in [0.1, 0.15) is 31.0 Å². The molecule has 0 heterocycles. The molecule has 3 heteroatoms. The van der Waals surface area contributed by atoms with Crippen molar-refractivity contribution in [3.8, 4) is 5.75 Å². The van der Waals surface area contributed by atoms with Gasteiger partial charge in [0.05, 0.1) is 0 Å². The third-order valence-corrected chi connectivity index (χ3v) is 3.63. The second-order valence-corrected chi connectivity index (χ2v) is 5.65. The number of phenols is 1. The average molecular weight is 290 g/mol. The highest BCUT2D eigenvalue weighted by Gasteiger charge is 2.10. The Morgan fingerprint density at radius 1 is 1.00 bits per heavy atom. The lowest BCUT2D eigenvalue weighted by molar-refractivity contribution is 0.470. The van der Waals surface area contributed by atoms with E-state index in [2.05, 4.69) is 19.2 Å². The van der Waals surface area contributed by atoms with Crippen molar-refractivity contribution in [2.75, 3.05) is 0 Å². The minimum atomic E-state index is 0.277. The maximum absolute atomic E-state index is 9.28. The molecule has 0 saturated carbocycles. The van der Waals surface area contributed by atoms with Crippen LogP contribution in [0.15, 0.2) is 48.5 Å². The number of hydrogen-bond donors (Lipinski definition) is 2.